The highest BCUT2D eigenvalue weighted by atomic mass is 35.5. The lowest BCUT2D eigenvalue weighted by Gasteiger charge is -2.21. The standard InChI is InChI=1S/C27H28Cl3N7O/c1-17(2)11-23(26(38)33-14-18-3-6-20(28)7-4-18)34-27-35-24(13-25(36-27)37-10-9-31-16-37)32-15-19-5-8-21(29)22(30)12-19/h3-10,12-13,16-17,23H,11,14-15H2,1-2H3,(H,33,38)(H2,32,34,35,36). The van der Waals surface area contributed by atoms with Gasteiger partial charge >= 0.3 is 0 Å². The first-order valence-corrected chi connectivity index (χ1v) is 13.2. The quantitative estimate of drug-likeness (QED) is 0.193. The number of nitrogens with one attached hydrogen (secondary N) is 3. The summed E-state index contributed by atoms with van der Waals surface area (Å²) in [7, 11) is 0. The van der Waals surface area contributed by atoms with Gasteiger partial charge in [0.05, 0.1) is 10.0 Å². The maximum Gasteiger partial charge on any atom is 0.242 e. The molecule has 0 saturated carbocycles. The molecule has 0 saturated heterocycles. The minimum absolute atomic E-state index is 0.143. The number of nitrogens with zero attached hydrogens (tertiary/aromatic N) is 4. The molecule has 1 unspecified atom stereocenters. The van der Waals surface area contributed by atoms with Gasteiger partial charge in [-0.25, -0.2) is 4.98 Å². The van der Waals surface area contributed by atoms with Crippen LogP contribution in [-0.2, 0) is 17.9 Å². The molecule has 1 atom stereocenters. The second-order valence-corrected chi connectivity index (χ2v) is 10.4. The lowest BCUT2D eigenvalue weighted by atomic mass is 10.0. The summed E-state index contributed by atoms with van der Waals surface area (Å²) in [4.78, 5) is 26.6. The Morgan fingerprint density at radius 1 is 0.947 bits per heavy atom. The van der Waals surface area contributed by atoms with E-state index in [1.54, 1.807) is 47.6 Å². The van der Waals surface area contributed by atoms with Crippen LogP contribution < -0.4 is 16.0 Å². The van der Waals surface area contributed by atoms with Gasteiger partial charge in [0.15, 0.2) is 0 Å². The fourth-order valence-corrected chi connectivity index (χ4v) is 4.18. The topological polar surface area (TPSA) is 96.8 Å². The van der Waals surface area contributed by atoms with Gasteiger partial charge in [-0.05, 0) is 47.7 Å². The van der Waals surface area contributed by atoms with Crippen molar-refractivity contribution in [2.24, 2.45) is 5.92 Å². The van der Waals surface area contributed by atoms with E-state index in [-0.39, 0.29) is 11.8 Å². The van der Waals surface area contributed by atoms with Gasteiger partial charge < -0.3 is 16.0 Å². The number of carbonyl (C=O) groups is 1. The third-order valence-corrected chi connectivity index (χ3v) is 6.64. The molecule has 198 valence electrons. The predicted molar refractivity (Wildman–Crippen MR) is 153 cm³/mol. The van der Waals surface area contributed by atoms with Crippen LogP contribution in [0, 0.1) is 5.92 Å². The Hall–Kier alpha value is -3.33. The van der Waals surface area contributed by atoms with Crippen molar-refractivity contribution in [2.45, 2.75) is 39.4 Å². The molecule has 2 aromatic heterocycles. The number of halogens is 3. The molecule has 4 rings (SSSR count). The Kier molecular flexibility index (Phi) is 9.44. The van der Waals surface area contributed by atoms with Crippen LogP contribution >= 0.6 is 34.8 Å². The van der Waals surface area contributed by atoms with Crippen molar-refractivity contribution in [1.29, 1.82) is 0 Å². The first-order valence-electron chi connectivity index (χ1n) is 12.1. The Bertz CT molecular complexity index is 1360. The highest BCUT2D eigenvalue weighted by molar-refractivity contribution is 6.42. The van der Waals surface area contributed by atoms with Crippen molar-refractivity contribution in [3.8, 4) is 5.82 Å². The van der Waals surface area contributed by atoms with E-state index in [2.05, 4.69) is 44.7 Å². The maximum absolute atomic E-state index is 13.2. The molecule has 0 radical (unpaired) electrons. The zero-order valence-corrected chi connectivity index (χ0v) is 23.2. The zero-order chi connectivity index (χ0) is 27.1. The number of aromatic nitrogens is 4. The fourth-order valence-electron chi connectivity index (χ4n) is 3.73. The summed E-state index contributed by atoms with van der Waals surface area (Å²) in [5.41, 5.74) is 1.90. The summed E-state index contributed by atoms with van der Waals surface area (Å²) in [5.74, 6) is 1.61. The molecular formula is C27H28Cl3N7O. The molecule has 0 aliphatic carbocycles. The molecule has 38 heavy (non-hydrogen) atoms. The predicted octanol–water partition coefficient (Wildman–Crippen LogP) is 6.38. The number of amides is 1. The first-order chi connectivity index (χ1) is 18.3. The van der Waals surface area contributed by atoms with Crippen LogP contribution in [0.1, 0.15) is 31.4 Å². The summed E-state index contributed by atoms with van der Waals surface area (Å²) in [6.45, 7) is 4.98. The molecule has 2 aromatic carbocycles. The lowest BCUT2D eigenvalue weighted by molar-refractivity contribution is -0.122. The van der Waals surface area contributed by atoms with Crippen molar-refractivity contribution < 1.29 is 4.79 Å². The van der Waals surface area contributed by atoms with E-state index in [9.17, 15) is 4.79 Å². The molecule has 0 fully saturated rings. The van der Waals surface area contributed by atoms with Crippen molar-refractivity contribution in [2.75, 3.05) is 10.6 Å². The van der Waals surface area contributed by atoms with E-state index < -0.39 is 6.04 Å². The van der Waals surface area contributed by atoms with Crippen LogP contribution in [0.2, 0.25) is 15.1 Å². The Morgan fingerprint density at radius 3 is 2.39 bits per heavy atom. The molecule has 4 aromatic rings. The van der Waals surface area contributed by atoms with E-state index in [1.807, 2.05) is 24.3 Å². The third kappa shape index (κ3) is 7.84. The molecule has 11 heteroatoms. The van der Waals surface area contributed by atoms with Crippen molar-refractivity contribution >= 4 is 52.5 Å². The van der Waals surface area contributed by atoms with E-state index in [4.69, 9.17) is 34.8 Å². The zero-order valence-electron chi connectivity index (χ0n) is 21.0. The maximum atomic E-state index is 13.2. The molecule has 8 nitrogen and oxygen atoms in total. The number of carbonyl (C=O) groups excluding carboxylic acids is 1. The third-order valence-electron chi connectivity index (χ3n) is 5.65. The number of hydrogen-bond acceptors (Lipinski definition) is 6. The average molecular weight is 573 g/mol. The van der Waals surface area contributed by atoms with Gasteiger partial charge in [0, 0.05) is 36.6 Å². The lowest BCUT2D eigenvalue weighted by Crippen LogP contribution is -2.40. The summed E-state index contributed by atoms with van der Waals surface area (Å²) in [5, 5.41) is 11.2. The number of imidazole rings is 1. The van der Waals surface area contributed by atoms with Crippen LogP contribution in [0.4, 0.5) is 11.8 Å². The Balaban J connectivity index is 1.53. The second kappa shape index (κ2) is 13.0. The highest BCUT2D eigenvalue weighted by Crippen LogP contribution is 2.23. The van der Waals surface area contributed by atoms with Crippen LogP contribution in [0.5, 0.6) is 0 Å². The Labute approximate surface area is 236 Å². The molecule has 0 aliphatic rings. The largest absolute Gasteiger partial charge is 0.366 e. The van der Waals surface area contributed by atoms with Crippen molar-refractivity contribution in [3.63, 3.8) is 0 Å². The van der Waals surface area contributed by atoms with E-state index in [1.165, 1.54) is 0 Å². The van der Waals surface area contributed by atoms with Crippen molar-refractivity contribution in [1.82, 2.24) is 24.8 Å². The molecule has 0 spiro atoms. The van der Waals surface area contributed by atoms with Gasteiger partial charge in [-0.15, -0.1) is 0 Å². The van der Waals surface area contributed by atoms with Gasteiger partial charge in [-0.3, -0.25) is 9.36 Å². The molecule has 1 amide bonds. The van der Waals surface area contributed by atoms with E-state index in [0.29, 0.717) is 52.2 Å². The average Bonchev–Trinajstić information content (AvgIpc) is 3.43. The summed E-state index contributed by atoms with van der Waals surface area (Å²) in [6, 6.07) is 14.1. The molecule has 0 aliphatic heterocycles. The van der Waals surface area contributed by atoms with Gasteiger partial charge in [-0.2, -0.15) is 9.97 Å². The van der Waals surface area contributed by atoms with Gasteiger partial charge in [0.1, 0.15) is 24.0 Å². The van der Waals surface area contributed by atoms with Crippen LogP contribution in [0.25, 0.3) is 5.82 Å². The Morgan fingerprint density at radius 2 is 1.71 bits per heavy atom. The van der Waals surface area contributed by atoms with Crippen LogP contribution in [0.15, 0.2) is 67.3 Å². The number of hydrogen-bond donors (Lipinski definition) is 3. The number of benzene rings is 2. The van der Waals surface area contributed by atoms with Gasteiger partial charge in [0.25, 0.3) is 0 Å². The van der Waals surface area contributed by atoms with E-state index >= 15 is 0 Å². The molecule has 0 bridgehead atoms. The van der Waals surface area contributed by atoms with Crippen molar-refractivity contribution in [3.05, 3.63) is 93.4 Å². The van der Waals surface area contributed by atoms with Gasteiger partial charge in [-0.1, -0.05) is 66.8 Å². The fraction of sp³-hybridized carbons (Fsp3) is 0.259. The number of rotatable bonds is 11. The monoisotopic (exact) mass is 571 g/mol. The summed E-state index contributed by atoms with van der Waals surface area (Å²) >= 11 is 18.2. The smallest absolute Gasteiger partial charge is 0.242 e. The molecular weight excluding hydrogens is 545 g/mol. The molecule has 3 N–H and O–H groups in total. The normalized spacial score (nSPS) is 11.8. The highest BCUT2D eigenvalue weighted by Gasteiger charge is 2.21. The van der Waals surface area contributed by atoms with Crippen LogP contribution in [-0.4, -0.2) is 31.5 Å². The minimum Gasteiger partial charge on any atom is -0.366 e. The van der Waals surface area contributed by atoms with E-state index in [0.717, 1.165) is 11.1 Å². The second-order valence-electron chi connectivity index (χ2n) is 9.18. The summed E-state index contributed by atoms with van der Waals surface area (Å²) < 4.78 is 1.77. The number of anilines is 2. The summed E-state index contributed by atoms with van der Waals surface area (Å²) in [6.07, 6.45) is 5.71. The SMILES string of the molecule is CC(C)CC(Nc1nc(NCc2ccc(Cl)c(Cl)c2)cc(-n2ccnc2)n1)C(=O)NCc1ccc(Cl)cc1. The minimum atomic E-state index is -0.539. The van der Waals surface area contributed by atoms with Crippen LogP contribution in [0.3, 0.4) is 0 Å². The van der Waals surface area contributed by atoms with Gasteiger partial charge in [0.2, 0.25) is 11.9 Å². The first kappa shape index (κ1) is 27.7. The molecule has 2 heterocycles.